The molecule has 0 radical (unpaired) electrons. The van der Waals surface area contributed by atoms with Gasteiger partial charge in [0.05, 0.1) is 18.5 Å². The largest absolute Gasteiger partial charge is 0.350 e. The van der Waals surface area contributed by atoms with Crippen LogP contribution < -0.4 is 11.4 Å². The Morgan fingerprint density at radius 3 is 2.71 bits per heavy atom. The van der Waals surface area contributed by atoms with Crippen LogP contribution in [0.15, 0.2) is 59.3 Å². The maximum Gasteiger partial charge on any atom is 0.350 e. The number of hydrogen-bond acceptors (Lipinski definition) is 4. The minimum Gasteiger partial charge on any atom is -0.327 e. The molecule has 1 aromatic rings. The van der Waals surface area contributed by atoms with E-state index in [-0.39, 0.29) is 18.7 Å². The predicted octanol–water partition coefficient (Wildman–Crippen LogP) is 1.40. The highest BCUT2D eigenvalue weighted by Gasteiger charge is 2.11. The van der Waals surface area contributed by atoms with Crippen LogP contribution in [0.3, 0.4) is 0 Å². The monoisotopic (exact) mass is 295 g/mol. The average Bonchev–Trinajstić information content (AvgIpc) is 2.81. The number of halogens is 2. The first-order valence-corrected chi connectivity index (χ1v) is 5.89. The Morgan fingerprint density at radius 1 is 1.48 bits per heavy atom. The van der Waals surface area contributed by atoms with Crippen LogP contribution in [0, 0.1) is 0 Å². The second-order valence-corrected chi connectivity index (χ2v) is 3.80. The summed E-state index contributed by atoms with van der Waals surface area (Å²) in [5.74, 6) is 0. The quantitative estimate of drug-likeness (QED) is 0.610. The Balaban J connectivity index is 3.20. The molecule has 0 amide bonds. The molecule has 0 bridgehead atoms. The van der Waals surface area contributed by atoms with Crippen molar-refractivity contribution in [1.82, 2.24) is 14.3 Å². The first-order chi connectivity index (χ1) is 10.0. The summed E-state index contributed by atoms with van der Waals surface area (Å²) >= 11 is 0. The summed E-state index contributed by atoms with van der Waals surface area (Å²) in [6.45, 7) is 6.22. The second kappa shape index (κ2) is 7.85. The lowest BCUT2D eigenvalue weighted by molar-refractivity contribution is 0.400. The van der Waals surface area contributed by atoms with Gasteiger partial charge in [-0.2, -0.15) is 13.9 Å². The van der Waals surface area contributed by atoms with Crippen molar-refractivity contribution in [3.05, 3.63) is 60.0 Å². The molecule has 6 nitrogen and oxygen atoms in total. The Kier molecular flexibility index (Phi) is 6.15. The fourth-order valence-electron chi connectivity index (χ4n) is 1.44. The Hall–Kier alpha value is -2.61. The van der Waals surface area contributed by atoms with Crippen molar-refractivity contribution in [1.29, 1.82) is 0 Å². The second-order valence-electron chi connectivity index (χ2n) is 3.80. The lowest BCUT2D eigenvalue weighted by Gasteiger charge is -2.02. The van der Waals surface area contributed by atoms with Crippen LogP contribution in [-0.4, -0.2) is 27.1 Å². The van der Waals surface area contributed by atoms with Gasteiger partial charge in [0.2, 0.25) is 0 Å². The molecule has 0 spiro atoms. The number of aromatic nitrogens is 3. The van der Waals surface area contributed by atoms with E-state index in [1.807, 2.05) is 0 Å². The smallest absolute Gasteiger partial charge is 0.327 e. The third-order valence-corrected chi connectivity index (χ3v) is 2.47. The van der Waals surface area contributed by atoms with Gasteiger partial charge in [0.15, 0.2) is 0 Å². The minimum atomic E-state index is -1.91. The third kappa shape index (κ3) is 4.18. The van der Waals surface area contributed by atoms with Crippen molar-refractivity contribution < 1.29 is 8.78 Å². The molecule has 2 N–H and O–H groups in total. The zero-order valence-corrected chi connectivity index (χ0v) is 11.2. The van der Waals surface area contributed by atoms with Crippen molar-refractivity contribution in [2.24, 2.45) is 10.7 Å². The zero-order chi connectivity index (χ0) is 15.8. The summed E-state index contributed by atoms with van der Waals surface area (Å²) in [6, 6.07) is 0. The van der Waals surface area contributed by atoms with Crippen molar-refractivity contribution in [3.8, 4) is 0 Å². The van der Waals surface area contributed by atoms with Gasteiger partial charge in [0, 0.05) is 18.3 Å². The van der Waals surface area contributed by atoms with E-state index in [4.69, 9.17) is 5.73 Å². The van der Waals surface area contributed by atoms with Gasteiger partial charge in [-0.25, -0.2) is 14.0 Å². The molecule has 1 rings (SSSR count). The van der Waals surface area contributed by atoms with Crippen LogP contribution in [0.2, 0.25) is 0 Å². The van der Waals surface area contributed by atoms with Crippen molar-refractivity contribution >= 4 is 11.9 Å². The molecule has 0 aliphatic rings. The number of hydrogen-bond donors (Lipinski definition) is 1. The zero-order valence-electron chi connectivity index (χ0n) is 11.2. The number of rotatable bonds is 7. The van der Waals surface area contributed by atoms with Gasteiger partial charge < -0.3 is 5.73 Å². The van der Waals surface area contributed by atoms with E-state index in [9.17, 15) is 13.6 Å². The van der Waals surface area contributed by atoms with Crippen LogP contribution in [-0.2, 0) is 6.54 Å². The van der Waals surface area contributed by atoms with Crippen molar-refractivity contribution in [3.63, 3.8) is 0 Å². The maximum atomic E-state index is 12.6. The van der Waals surface area contributed by atoms with Gasteiger partial charge in [-0.05, 0) is 6.08 Å². The lowest BCUT2D eigenvalue weighted by Crippen LogP contribution is -2.27. The van der Waals surface area contributed by atoms with Crippen molar-refractivity contribution in [2.45, 2.75) is 6.54 Å². The molecule has 112 valence electrons. The van der Waals surface area contributed by atoms with Crippen LogP contribution in [0.5, 0.6) is 0 Å². The van der Waals surface area contributed by atoms with Crippen LogP contribution in [0.4, 0.5) is 8.78 Å². The van der Waals surface area contributed by atoms with E-state index in [2.05, 4.69) is 23.2 Å². The van der Waals surface area contributed by atoms with Crippen molar-refractivity contribution in [2.75, 3.05) is 6.54 Å². The Labute approximate surface area is 119 Å². The molecule has 0 aliphatic heterocycles. The van der Waals surface area contributed by atoms with Gasteiger partial charge >= 0.3 is 5.69 Å². The molecule has 0 saturated heterocycles. The lowest BCUT2D eigenvalue weighted by atomic mass is 10.3. The molecular weight excluding hydrogens is 280 g/mol. The Bertz CT molecular complexity index is 662. The average molecular weight is 295 g/mol. The number of nitrogens with two attached hydrogens (primary N) is 1. The van der Waals surface area contributed by atoms with E-state index in [0.717, 1.165) is 9.25 Å². The summed E-state index contributed by atoms with van der Waals surface area (Å²) in [5, 5.41) is 3.78. The highest BCUT2D eigenvalue weighted by molar-refractivity contribution is 6.02. The molecule has 21 heavy (non-hydrogen) atoms. The topological polar surface area (TPSA) is 78.2 Å². The Morgan fingerprint density at radius 2 is 2.19 bits per heavy atom. The molecule has 1 heterocycles. The van der Waals surface area contributed by atoms with E-state index < -0.39 is 11.8 Å². The summed E-state index contributed by atoms with van der Waals surface area (Å²) in [7, 11) is 0. The predicted molar refractivity (Wildman–Crippen MR) is 77.9 cm³/mol. The molecule has 0 saturated carbocycles. The number of nitrogens with zero attached hydrogens (tertiary/aromatic N) is 4. The highest BCUT2D eigenvalue weighted by atomic mass is 19.3. The first kappa shape index (κ1) is 16.4. The highest BCUT2D eigenvalue weighted by Crippen LogP contribution is 2.07. The molecule has 1 aromatic heterocycles. The molecule has 0 aliphatic carbocycles. The van der Waals surface area contributed by atoms with Crippen LogP contribution in [0.25, 0.3) is 5.70 Å². The molecule has 0 fully saturated rings. The van der Waals surface area contributed by atoms with Gasteiger partial charge in [-0.1, -0.05) is 19.2 Å². The summed E-state index contributed by atoms with van der Waals surface area (Å²) in [4.78, 5) is 15.9. The van der Waals surface area contributed by atoms with Crippen LogP contribution in [0.1, 0.15) is 0 Å². The number of aliphatic imine (C=N–C) groups is 1. The third-order valence-electron chi connectivity index (χ3n) is 2.47. The summed E-state index contributed by atoms with van der Waals surface area (Å²) in [6.07, 6.45) is 4.94. The maximum absolute atomic E-state index is 12.6. The molecule has 0 unspecified atom stereocenters. The number of allylic oxidation sites excluding steroid dienone is 3. The summed E-state index contributed by atoms with van der Waals surface area (Å²) < 4.78 is 27.2. The van der Waals surface area contributed by atoms with Gasteiger partial charge in [-0.15, -0.1) is 0 Å². The minimum absolute atomic E-state index is 0.351. The molecule has 0 aromatic carbocycles. The van der Waals surface area contributed by atoms with Crippen LogP contribution >= 0.6 is 0 Å². The standard InChI is InChI=1S/C13H15F2N5O/c1-3-5-11(7-17-4-2)19-9-18-20(13(19)21)8-10(6-16)12(14)15/h3-5,7,9H,1-2,6,8,16H2/b11-5+,17-7?. The van der Waals surface area contributed by atoms with Gasteiger partial charge in [-0.3, -0.25) is 4.99 Å². The van der Waals surface area contributed by atoms with E-state index >= 15 is 0 Å². The van der Waals surface area contributed by atoms with Gasteiger partial charge in [0.1, 0.15) is 6.33 Å². The van der Waals surface area contributed by atoms with E-state index in [1.165, 1.54) is 30.9 Å². The fourth-order valence-corrected chi connectivity index (χ4v) is 1.44. The normalized spacial score (nSPS) is 11.7. The SMILES string of the molecule is C=C/C=C(\C=NC=C)n1cnn(CC(CN)=C(F)F)c1=O. The van der Waals surface area contributed by atoms with E-state index in [0.29, 0.717) is 5.70 Å². The van der Waals surface area contributed by atoms with Gasteiger partial charge in [0.25, 0.3) is 6.08 Å². The summed E-state index contributed by atoms with van der Waals surface area (Å²) in [5.41, 5.74) is 4.64. The first-order valence-electron chi connectivity index (χ1n) is 5.89. The molecule has 8 heteroatoms. The van der Waals surface area contributed by atoms with E-state index in [1.54, 1.807) is 0 Å². The fraction of sp³-hybridized carbons (Fsp3) is 0.154. The molecular formula is C13H15F2N5O. The molecule has 0 atom stereocenters.